The molecule has 2 aromatic carbocycles. The molecule has 3 amide bonds. The number of rotatable bonds is 9. The van der Waals surface area contributed by atoms with E-state index in [1.54, 1.807) is 48.5 Å². The summed E-state index contributed by atoms with van der Waals surface area (Å²) in [6, 6.07) is 13.4. The van der Waals surface area contributed by atoms with E-state index in [1.807, 2.05) is 0 Å². The van der Waals surface area contributed by atoms with E-state index in [-0.39, 0.29) is 43.3 Å². The van der Waals surface area contributed by atoms with Crippen LogP contribution in [-0.2, 0) is 9.59 Å². The van der Waals surface area contributed by atoms with Gasteiger partial charge in [-0.25, -0.2) is 0 Å². The van der Waals surface area contributed by atoms with Crippen molar-refractivity contribution in [3.05, 3.63) is 59.1 Å². The Balaban J connectivity index is 1.32. The first kappa shape index (κ1) is 20.7. The Kier molecular flexibility index (Phi) is 7.08. The number of amides is 3. The molecule has 152 valence electrons. The third-order valence-electron chi connectivity index (χ3n) is 4.28. The molecule has 3 N–H and O–H groups in total. The molecule has 3 rings (SSSR count). The fraction of sp³-hybridized carbons (Fsp3) is 0.286. The Morgan fingerprint density at radius 2 is 1.59 bits per heavy atom. The minimum Gasteiger partial charge on any atom is -0.484 e. The van der Waals surface area contributed by atoms with Crippen molar-refractivity contribution in [2.24, 2.45) is 5.92 Å². The fourth-order valence-electron chi connectivity index (χ4n) is 2.51. The van der Waals surface area contributed by atoms with Crippen molar-refractivity contribution in [1.82, 2.24) is 10.6 Å². The van der Waals surface area contributed by atoms with Gasteiger partial charge in [-0.15, -0.1) is 0 Å². The summed E-state index contributed by atoms with van der Waals surface area (Å²) in [6.45, 7) is 0.444. The number of hydrogen-bond acceptors (Lipinski definition) is 4. The monoisotopic (exact) mass is 415 g/mol. The van der Waals surface area contributed by atoms with Gasteiger partial charge in [-0.05, 0) is 61.4 Å². The van der Waals surface area contributed by atoms with Gasteiger partial charge >= 0.3 is 0 Å². The van der Waals surface area contributed by atoms with Crippen LogP contribution in [0.3, 0.4) is 0 Å². The number of carbonyl (C=O) groups is 3. The molecule has 2 aromatic rings. The van der Waals surface area contributed by atoms with Crippen molar-refractivity contribution in [1.29, 1.82) is 0 Å². The number of hydrogen-bond donors (Lipinski definition) is 3. The van der Waals surface area contributed by atoms with Gasteiger partial charge in [-0.2, -0.15) is 0 Å². The molecular weight excluding hydrogens is 394 g/mol. The lowest BCUT2D eigenvalue weighted by molar-refractivity contribution is -0.123. The molecule has 0 spiro atoms. The van der Waals surface area contributed by atoms with E-state index in [2.05, 4.69) is 16.0 Å². The topological polar surface area (TPSA) is 96.5 Å². The Hall–Kier alpha value is -3.06. The smallest absolute Gasteiger partial charge is 0.258 e. The highest BCUT2D eigenvalue weighted by Gasteiger charge is 2.29. The van der Waals surface area contributed by atoms with Gasteiger partial charge in [0.1, 0.15) is 5.75 Å². The molecule has 1 aliphatic carbocycles. The second-order valence-corrected chi connectivity index (χ2v) is 7.13. The molecule has 1 saturated carbocycles. The van der Waals surface area contributed by atoms with Crippen LogP contribution in [-0.4, -0.2) is 37.4 Å². The third-order valence-corrected chi connectivity index (χ3v) is 4.53. The van der Waals surface area contributed by atoms with Crippen molar-refractivity contribution >= 4 is 35.0 Å². The summed E-state index contributed by atoms with van der Waals surface area (Å²) >= 11 is 5.78. The molecule has 29 heavy (non-hydrogen) atoms. The lowest BCUT2D eigenvalue weighted by atomic mass is 10.2. The molecule has 0 aromatic heterocycles. The minimum atomic E-state index is -0.287. The SMILES string of the molecule is O=C(COc1ccc(Cl)cc1)NCCNC(=O)c1ccc(NC(=O)C2CC2)cc1. The van der Waals surface area contributed by atoms with E-state index in [9.17, 15) is 14.4 Å². The van der Waals surface area contributed by atoms with Gasteiger partial charge in [0.05, 0.1) is 0 Å². The van der Waals surface area contributed by atoms with Crippen LogP contribution < -0.4 is 20.7 Å². The number of carbonyl (C=O) groups excluding carboxylic acids is 3. The van der Waals surface area contributed by atoms with Crippen LogP contribution >= 0.6 is 11.6 Å². The zero-order valence-electron chi connectivity index (χ0n) is 15.7. The fourth-order valence-corrected chi connectivity index (χ4v) is 2.63. The summed E-state index contributed by atoms with van der Waals surface area (Å²) < 4.78 is 5.34. The molecular formula is C21H22ClN3O4. The van der Waals surface area contributed by atoms with Gasteiger partial charge in [-0.3, -0.25) is 14.4 Å². The van der Waals surface area contributed by atoms with Crippen LogP contribution in [0.2, 0.25) is 5.02 Å². The molecule has 1 aliphatic rings. The molecule has 8 heteroatoms. The van der Waals surface area contributed by atoms with Gasteiger partial charge in [0, 0.05) is 35.3 Å². The number of halogens is 1. The van der Waals surface area contributed by atoms with E-state index in [1.165, 1.54) is 0 Å². The van der Waals surface area contributed by atoms with Crippen LogP contribution in [0.5, 0.6) is 5.75 Å². The van der Waals surface area contributed by atoms with E-state index in [0.717, 1.165) is 12.8 Å². The molecule has 0 aliphatic heterocycles. The first-order valence-electron chi connectivity index (χ1n) is 9.35. The molecule has 0 bridgehead atoms. The molecule has 0 atom stereocenters. The summed E-state index contributed by atoms with van der Waals surface area (Å²) in [5, 5.41) is 8.81. The lowest BCUT2D eigenvalue weighted by Crippen LogP contribution is -2.36. The first-order chi connectivity index (χ1) is 14.0. The maximum absolute atomic E-state index is 12.1. The number of ether oxygens (including phenoxy) is 1. The van der Waals surface area contributed by atoms with E-state index < -0.39 is 0 Å². The van der Waals surface area contributed by atoms with Gasteiger partial charge < -0.3 is 20.7 Å². The largest absolute Gasteiger partial charge is 0.484 e. The van der Waals surface area contributed by atoms with Gasteiger partial charge in [0.25, 0.3) is 11.8 Å². The number of anilines is 1. The summed E-state index contributed by atoms with van der Waals surface area (Å²) in [5.74, 6) is 0.166. The van der Waals surface area contributed by atoms with E-state index in [0.29, 0.717) is 22.0 Å². The van der Waals surface area contributed by atoms with Crippen LogP contribution in [0.15, 0.2) is 48.5 Å². The standard InChI is InChI=1S/C21H22ClN3O4/c22-16-5-9-18(10-6-16)29-13-19(26)23-11-12-24-20(27)14-3-7-17(8-4-14)25-21(28)15-1-2-15/h3-10,15H,1-2,11-13H2,(H,23,26)(H,24,27)(H,25,28). The highest BCUT2D eigenvalue weighted by Crippen LogP contribution is 2.30. The Labute approximate surface area is 173 Å². The van der Waals surface area contributed by atoms with Gasteiger partial charge in [-0.1, -0.05) is 11.6 Å². The summed E-state index contributed by atoms with van der Waals surface area (Å²) in [6.07, 6.45) is 1.88. The van der Waals surface area contributed by atoms with Crippen molar-refractivity contribution < 1.29 is 19.1 Å². The zero-order chi connectivity index (χ0) is 20.6. The normalized spacial score (nSPS) is 12.7. The maximum atomic E-state index is 12.1. The maximum Gasteiger partial charge on any atom is 0.258 e. The van der Waals surface area contributed by atoms with Crippen molar-refractivity contribution in [2.45, 2.75) is 12.8 Å². The summed E-state index contributed by atoms with van der Waals surface area (Å²) in [4.78, 5) is 35.6. The Bertz CT molecular complexity index is 864. The van der Waals surface area contributed by atoms with Crippen LogP contribution in [0.25, 0.3) is 0 Å². The average molecular weight is 416 g/mol. The minimum absolute atomic E-state index is 0.0259. The lowest BCUT2D eigenvalue weighted by Gasteiger charge is -2.09. The van der Waals surface area contributed by atoms with Gasteiger partial charge in [0.2, 0.25) is 5.91 Å². The van der Waals surface area contributed by atoms with Crippen molar-refractivity contribution in [3.8, 4) is 5.75 Å². The second-order valence-electron chi connectivity index (χ2n) is 6.69. The quantitative estimate of drug-likeness (QED) is 0.548. The predicted molar refractivity (Wildman–Crippen MR) is 110 cm³/mol. The summed E-state index contributed by atoms with van der Waals surface area (Å²) in [5.41, 5.74) is 1.15. The highest BCUT2D eigenvalue weighted by atomic mass is 35.5. The number of nitrogens with one attached hydrogen (secondary N) is 3. The van der Waals surface area contributed by atoms with Crippen LogP contribution in [0.4, 0.5) is 5.69 Å². The van der Waals surface area contributed by atoms with E-state index in [4.69, 9.17) is 16.3 Å². The van der Waals surface area contributed by atoms with Crippen molar-refractivity contribution in [2.75, 3.05) is 25.0 Å². The first-order valence-corrected chi connectivity index (χ1v) is 9.73. The van der Waals surface area contributed by atoms with Crippen molar-refractivity contribution in [3.63, 3.8) is 0 Å². The molecule has 7 nitrogen and oxygen atoms in total. The Morgan fingerprint density at radius 1 is 0.931 bits per heavy atom. The van der Waals surface area contributed by atoms with Crippen LogP contribution in [0.1, 0.15) is 23.2 Å². The number of benzene rings is 2. The second kappa shape index (κ2) is 9.93. The third kappa shape index (κ3) is 6.80. The molecule has 1 fully saturated rings. The summed E-state index contributed by atoms with van der Waals surface area (Å²) in [7, 11) is 0. The Morgan fingerprint density at radius 3 is 2.24 bits per heavy atom. The molecule has 0 saturated heterocycles. The van der Waals surface area contributed by atoms with E-state index >= 15 is 0 Å². The highest BCUT2D eigenvalue weighted by molar-refractivity contribution is 6.30. The predicted octanol–water partition coefficient (Wildman–Crippen LogP) is 2.61. The average Bonchev–Trinajstić information content (AvgIpc) is 3.57. The zero-order valence-corrected chi connectivity index (χ0v) is 16.5. The molecule has 0 unspecified atom stereocenters. The molecule has 0 radical (unpaired) electrons. The molecule has 0 heterocycles. The van der Waals surface area contributed by atoms with Gasteiger partial charge in [0.15, 0.2) is 6.61 Å². The van der Waals surface area contributed by atoms with Crippen LogP contribution in [0, 0.1) is 5.92 Å².